The van der Waals surface area contributed by atoms with E-state index in [2.05, 4.69) is 29.2 Å². The molecule has 0 amide bonds. The molecule has 1 aliphatic rings. The third-order valence-electron chi connectivity index (χ3n) is 3.37. The van der Waals surface area contributed by atoms with Crippen LogP contribution in [0.3, 0.4) is 0 Å². The van der Waals surface area contributed by atoms with Crippen LogP contribution >= 0.6 is 0 Å². The number of hydrogen-bond donors (Lipinski definition) is 2. The second kappa shape index (κ2) is 3.17. The molecule has 1 aromatic rings. The molecule has 1 atom stereocenters. The summed E-state index contributed by atoms with van der Waals surface area (Å²) in [7, 11) is 0. The van der Waals surface area contributed by atoms with Crippen molar-refractivity contribution in [2.45, 2.75) is 40.0 Å². The Labute approximate surface area is 90.3 Å². The van der Waals surface area contributed by atoms with Crippen LogP contribution in [0.2, 0.25) is 0 Å². The Kier molecular flexibility index (Phi) is 2.19. The summed E-state index contributed by atoms with van der Waals surface area (Å²) < 4.78 is 0. The van der Waals surface area contributed by atoms with Gasteiger partial charge in [0, 0.05) is 17.2 Å². The summed E-state index contributed by atoms with van der Waals surface area (Å²) in [6.07, 6.45) is 1.17. The highest BCUT2D eigenvalue weighted by molar-refractivity contribution is 5.45. The highest BCUT2D eigenvalue weighted by Crippen LogP contribution is 2.57. The highest BCUT2D eigenvalue weighted by Gasteiger charge is 2.48. The smallest absolute Gasteiger partial charge is 0.146 e. The summed E-state index contributed by atoms with van der Waals surface area (Å²) >= 11 is 0. The van der Waals surface area contributed by atoms with E-state index in [1.165, 1.54) is 6.42 Å². The largest absolute Gasteiger partial charge is 0.308 e. The van der Waals surface area contributed by atoms with Crippen molar-refractivity contribution in [2.75, 3.05) is 5.43 Å². The number of nitrogen functional groups attached to an aromatic ring is 1. The standard InChI is InChI=1S/C11H18N4/c1-6-7(2)13-10(14-9(6)15-12)8-5-11(8,3)4/h8H,5,12H2,1-4H3,(H,13,14,15). The zero-order valence-corrected chi connectivity index (χ0v) is 9.76. The predicted octanol–water partition coefficient (Wildman–Crippen LogP) is 1.89. The van der Waals surface area contributed by atoms with Crippen LogP contribution in [0.5, 0.6) is 0 Å². The number of aryl methyl sites for hydroxylation is 1. The minimum Gasteiger partial charge on any atom is -0.308 e. The number of hydrogen-bond acceptors (Lipinski definition) is 4. The maximum atomic E-state index is 5.44. The molecule has 0 saturated heterocycles. The molecule has 4 heteroatoms. The third-order valence-corrected chi connectivity index (χ3v) is 3.37. The van der Waals surface area contributed by atoms with Gasteiger partial charge in [0.2, 0.25) is 0 Å². The molecule has 0 aromatic carbocycles. The number of rotatable bonds is 2. The quantitative estimate of drug-likeness (QED) is 0.573. The van der Waals surface area contributed by atoms with Crippen molar-refractivity contribution in [2.24, 2.45) is 11.3 Å². The van der Waals surface area contributed by atoms with Crippen LogP contribution in [0.15, 0.2) is 0 Å². The van der Waals surface area contributed by atoms with Gasteiger partial charge >= 0.3 is 0 Å². The first kappa shape index (κ1) is 10.4. The maximum absolute atomic E-state index is 5.44. The molecule has 82 valence electrons. The molecule has 1 unspecified atom stereocenters. The second-order valence-electron chi connectivity index (χ2n) is 5.03. The fourth-order valence-electron chi connectivity index (χ4n) is 1.85. The summed E-state index contributed by atoms with van der Waals surface area (Å²) in [5, 5.41) is 0. The lowest BCUT2D eigenvalue weighted by Crippen LogP contribution is -2.13. The van der Waals surface area contributed by atoms with E-state index in [4.69, 9.17) is 5.84 Å². The molecule has 1 aromatic heterocycles. The van der Waals surface area contributed by atoms with Crippen LogP contribution in [0.25, 0.3) is 0 Å². The molecule has 3 N–H and O–H groups in total. The van der Waals surface area contributed by atoms with Gasteiger partial charge in [0.1, 0.15) is 11.6 Å². The molecular formula is C11H18N4. The van der Waals surface area contributed by atoms with E-state index < -0.39 is 0 Å². The SMILES string of the molecule is Cc1nc(C2CC2(C)C)nc(NN)c1C. The fourth-order valence-corrected chi connectivity index (χ4v) is 1.85. The van der Waals surface area contributed by atoms with E-state index in [1.807, 2.05) is 13.8 Å². The average Bonchev–Trinajstić information content (AvgIpc) is 2.80. The van der Waals surface area contributed by atoms with Crippen LogP contribution in [0, 0.1) is 19.3 Å². The van der Waals surface area contributed by atoms with Crippen molar-refractivity contribution in [3.63, 3.8) is 0 Å². The Bertz CT molecular complexity index is 398. The van der Waals surface area contributed by atoms with Crippen molar-refractivity contribution in [1.82, 2.24) is 9.97 Å². The topological polar surface area (TPSA) is 63.8 Å². The third kappa shape index (κ3) is 1.69. The first-order valence-electron chi connectivity index (χ1n) is 5.27. The Morgan fingerprint density at radius 1 is 1.33 bits per heavy atom. The van der Waals surface area contributed by atoms with E-state index in [0.29, 0.717) is 11.3 Å². The number of nitrogens with two attached hydrogens (primary N) is 1. The van der Waals surface area contributed by atoms with Crippen molar-refractivity contribution in [3.05, 3.63) is 17.1 Å². The van der Waals surface area contributed by atoms with Crippen LogP contribution in [0.4, 0.5) is 5.82 Å². The Balaban J connectivity index is 2.39. The van der Waals surface area contributed by atoms with Gasteiger partial charge in [-0.15, -0.1) is 0 Å². The Morgan fingerprint density at radius 2 is 1.93 bits per heavy atom. The molecule has 2 rings (SSSR count). The summed E-state index contributed by atoms with van der Waals surface area (Å²) in [5.74, 6) is 7.60. The van der Waals surface area contributed by atoms with Crippen molar-refractivity contribution in [3.8, 4) is 0 Å². The van der Waals surface area contributed by atoms with Crippen LogP contribution in [-0.4, -0.2) is 9.97 Å². The summed E-state index contributed by atoms with van der Waals surface area (Å²) in [6, 6.07) is 0. The number of aromatic nitrogens is 2. The molecule has 1 fully saturated rings. The molecule has 0 radical (unpaired) electrons. The molecule has 15 heavy (non-hydrogen) atoms. The fraction of sp³-hybridized carbons (Fsp3) is 0.636. The lowest BCUT2D eigenvalue weighted by molar-refractivity contribution is 0.607. The maximum Gasteiger partial charge on any atom is 0.146 e. The molecule has 4 nitrogen and oxygen atoms in total. The van der Waals surface area contributed by atoms with E-state index >= 15 is 0 Å². The summed E-state index contributed by atoms with van der Waals surface area (Å²) in [5.41, 5.74) is 5.03. The van der Waals surface area contributed by atoms with Gasteiger partial charge in [0.05, 0.1) is 0 Å². The zero-order chi connectivity index (χ0) is 11.2. The van der Waals surface area contributed by atoms with E-state index in [-0.39, 0.29) is 0 Å². The van der Waals surface area contributed by atoms with Crippen LogP contribution in [-0.2, 0) is 0 Å². The van der Waals surface area contributed by atoms with Crippen LogP contribution in [0.1, 0.15) is 43.3 Å². The number of nitrogens with one attached hydrogen (secondary N) is 1. The van der Waals surface area contributed by atoms with Gasteiger partial charge < -0.3 is 5.43 Å². The number of nitrogens with zero attached hydrogens (tertiary/aromatic N) is 2. The van der Waals surface area contributed by atoms with Gasteiger partial charge in [-0.3, -0.25) is 0 Å². The highest BCUT2D eigenvalue weighted by atomic mass is 15.3. The lowest BCUT2D eigenvalue weighted by atomic mass is 10.1. The van der Waals surface area contributed by atoms with Crippen molar-refractivity contribution >= 4 is 5.82 Å². The monoisotopic (exact) mass is 206 g/mol. The van der Waals surface area contributed by atoms with Gasteiger partial charge in [-0.2, -0.15) is 0 Å². The van der Waals surface area contributed by atoms with E-state index in [1.54, 1.807) is 0 Å². The van der Waals surface area contributed by atoms with E-state index in [0.717, 1.165) is 22.9 Å². The number of hydrazine groups is 1. The number of anilines is 1. The van der Waals surface area contributed by atoms with E-state index in [9.17, 15) is 0 Å². The van der Waals surface area contributed by atoms with Crippen LogP contribution < -0.4 is 11.3 Å². The molecule has 1 saturated carbocycles. The van der Waals surface area contributed by atoms with Gasteiger partial charge in [-0.05, 0) is 25.7 Å². The molecule has 1 aliphatic carbocycles. The first-order valence-corrected chi connectivity index (χ1v) is 5.27. The lowest BCUT2D eigenvalue weighted by Gasteiger charge is -2.10. The second-order valence-corrected chi connectivity index (χ2v) is 5.03. The van der Waals surface area contributed by atoms with Crippen molar-refractivity contribution in [1.29, 1.82) is 0 Å². The average molecular weight is 206 g/mol. The molecule has 0 aliphatic heterocycles. The molecule has 0 bridgehead atoms. The van der Waals surface area contributed by atoms with Gasteiger partial charge in [-0.1, -0.05) is 13.8 Å². The molecule has 1 heterocycles. The summed E-state index contributed by atoms with van der Waals surface area (Å²) in [4.78, 5) is 8.99. The van der Waals surface area contributed by atoms with Gasteiger partial charge in [-0.25, -0.2) is 15.8 Å². The van der Waals surface area contributed by atoms with Gasteiger partial charge in [0.25, 0.3) is 0 Å². The molecule has 0 spiro atoms. The first-order chi connectivity index (χ1) is 6.95. The Morgan fingerprint density at radius 3 is 2.40 bits per heavy atom. The summed E-state index contributed by atoms with van der Waals surface area (Å²) in [6.45, 7) is 8.46. The Hall–Kier alpha value is -1.16. The minimum absolute atomic E-state index is 0.355. The molecular weight excluding hydrogens is 188 g/mol. The predicted molar refractivity (Wildman–Crippen MR) is 60.5 cm³/mol. The zero-order valence-electron chi connectivity index (χ0n) is 9.76. The van der Waals surface area contributed by atoms with Crippen molar-refractivity contribution < 1.29 is 0 Å². The van der Waals surface area contributed by atoms with Gasteiger partial charge in [0.15, 0.2) is 0 Å². The minimum atomic E-state index is 0.355. The normalized spacial score (nSPS) is 22.6.